The molecule has 2 aromatic heterocycles. The van der Waals surface area contributed by atoms with E-state index in [1.807, 2.05) is 19.0 Å². The van der Waals surface area contributed by atoms with Gasteiger partial charge in [0.2, 0.25) is 0 Å². The highest BCUT2D eigenvalue weighted by Crippen LogP contribution is 2.04. The molecule has 7 heteroatoms. The van der Waals surface area contributed by atoms with Crippen LogP contribution in [0.1, 0.15) is 26.6 Å². The average molecular weight is 316 g/mol. The van der Waals surface area contributed by atoms with Gasteiger partial charge in [-0.05, 0) is 38.4 Å². The average Bonchev–Trinajstić information content (AvgIpc) is 3.05. The second kappa shape index (κ2) is 8.09. The minimum atomic E-state index is -0.299. The zero-order chi connectivity index (χ0) is 16.7. The summed E-state index contributed by atoms with van der Waals surface area (Å²) in [6, 6.07) is 6.57. The van der Waals surface area contributed by atoms with Crippen LogP contribution in [-0.4, -0.2) is 48.9 Å². The van der Waals surface area contributed by atoms with Gasteiger partial charge in [0.15, 0.2) is 0 Å². The molecule has 0 bridgehead atoms. The van der Waals surface area contributed by atoms with Gasteiger partial charge < -0.3 is 20.0 Å². The van der Waals surface area contributed by atoms with E-state index >= 15 is 0 Å². The Kier molecular flexibility index (Phi) is 5.87. The minimum absolute atomic E-state index is 0.217. The van der Waals surface area contributed by atoms with E-state index in [2.05, 4.69) is 15.6 Å². The summed E-state index contributed by atoms with van der Waals surface area (Å²) in [6.07, 6.45) is 2.99. The highest BCUT2D eigenvalue weighted by Gasteiger charge is 2.12. The third-order valence-corrected chi connectivity index (χ3v) is 3.10. The molecule has 7 nitrogen and oxygen atoms in total. The lowest BCUT2D eigenvalue weighted by Gasteiger charge is -2.10. The summed E-state index contributed by atoms with van der Waals surface area (Å²) in [4.78, 5) is 30.1. The molecule has 0 aliphatic heterocycles. The molecular weight excluding hydrogens is 296 g/mol. The number of amides is 2. The maximum Gasteiger partial charge on any atom is 0.269 e. The fourth-order valence-electron chi connectivity index (χ4n) is 1.86. The normalized spacial score (nSPS) is 10.6. The number of hydrogen-bond donors (Lipinski definition) is 2. The Hall–Kier alpha value is -2.67. The van der Waals surface area contributed by atoms with Crippen molar-refractivity contribution in [2.45, 2.75) is 6.54 Å². The second-order valence-electron chi connectivity index (χ2n) is 5.25. The van der Waals surface area contributed by atoms with Crippen molar-refractivity contribution in [1.82, 2.24) is 20.5 Å². The number of hydrogen-bond acceptors (Lipinski definition) is 5. The summed E-state index contributed by atoms with van der Waals surface area (Å²) in [5.74, 6) is 0.0766. The number of carbonyl (C=O) groups excluding carboxylic acids is 2. The maximum absolute atomic E-state index is 12.1. The van der Waals surface area contributed by atoms with Gasteiger partial charge in [0.1, 0.15) is 11.5 Å². The first kappa shape index (κ1) is 16.7. The molecule has 0 saturated heterocycles. The van der Waals surface area contributed by atoms with Crippen molar-refractivity contribution in [2.24, 2.45) is 0 Å². The number of nitrogens with zero attached hydrogens (tertiary/aromatic N) is 2. The van der Waals surface area contributed by atoms with Crippen LogP contribution < -0.4 is 10.6 Å². The zero-order valence-corrected chi connectivity index (χ0v) is 13.2. The number of aromatic nitrogens is 1. The van der Waals surface area contributed by atoms with Crippen LogP contribution in [-0.2, 0) is 6.54 Å². The summed E-state index contributed by atoms with van der Waals surface area (Å²) < 4.78 is 5.15. The van der Waals surface area contributed by atoms with Crippen LogP contribution >= 0.6 is 0 Å². The minimum Gasteiger partial charge on any atom is -0.467 e. The van der Waals surface area contributed by atoms with Gasteiger partial charge in [-0.2, -0.15) is 0 Å². The van der Waals surface area contributed by atoms with Gasteiger partial charge in [0, 0.05) is 24.8 Å². The summed E-state index contributed by atoms with van der Waals surface area (Å²) >= 11 is 0. The van der Waals surface area contributed by atoms with Crippen LogP contribution in [0.2, 0.25) is 0 Å². The van der Waals surface area contributed by atoms with Crippen molar-refractivity contribution in [1.29, 1.82) is 0 Å². The van der Waals surface area contributed by atoms with Crippen LogP contribution in [0, 0.1) is 0 Å². The van der Waals surface area contributed by atoms with E-state index in [4.69, 9.17) is 4.42 Å². The van der Waals surface area contributed by atoms with Gasteiger partial charge in [-0.1, -0.05) is 0 Å². The molecular formula is C16H20N4O3. The van der Waals surface area contributed by atoms with Crippen molar-refractivity contribution < 1.29 is 14.0 Å². The third kappa shape index (κ3) is 5.23. The van der Waals surface area contributed by atoms with E-state index < -0.39 is 0 Å². The lowest BCUT2D eigenvalue weighted by Crippen LogP contribution is -2.32. The summed E-state index contributed by atoms with van der Waals surface area (Å²) in [7, 11) is 3.85. The van der Waals surface area contributed by atoms with Gasteiger partial charge in [0.05, 0.1) is 12.8 Å². The lowest BCUT2D eigenvalue weighted by molar-refractivity contribution is 0.0946. The lowest BCUT2D eigenvalue weighted by atomic mass is 10.2. The SMILES string of the molecule is CN(C)CCNC(=O)c1cc(C(=O)NCc2ccco2)ccn1. The molecule has 0 unspecified atom stereocenters. The van der Waals surface area contributed by atoms with E-state index in [1.54, 1.807) is 24.5 Å². The quantitative estimate of drug-likeness (QED) is 0.792. The van der Waals surface area contributed by atoms with Crippen LogP contribution in [0.4, 0.5) is 0 Å². The van der Waals surface area contributed by atoms with Crippen molar-refractivity contribution in [3.8, 4) is 0 Å². The Bertz CT molecular complexity index is 653. The molecule has 0 atom stereocenters. The van der Waals surface area contributed by atoms with E-state index in [0.29, 0.717) is 24.4 Å². The Labute approximate surface area is 134 Å². The molecule has 0 aliphatic carbocycles. The number of carbonyl (C=O) groups is 2. The standard InChI is InChI=1S/C16H20N4O3/c1-20(2)8-7-18-16(22)14-10-12(5-6-17-14)15(21)19-11-13-4-3-9-23-13/h3-6,9-10H,7-8,11H2,1-2H3,(H,18,22)(H,19,21). The highest BCUT2D eigenvalue weighted by molar-refractivity contribution is 5.98. The number of rotatable bonds is 7. The molecule has 23 heavy (non-hydrogen) atoms. The second-order valence-corrected chi connectivity index (χ2v) is 5.25. The Morgan fingerprint density at radius 3 is 2.74 bits per heavy atom. The predicted octanol–water partition coefficient (Wildman–Crippen LogP) is 0.896. The van der Waals surface area contributed by atoms with Crippen LogP contribution in [0.25, 0.3) is 0 Å². The fraction of sp³-hybridized carbons (Fsp3) is 0.312. The van der Waals surface area contributed by atoms with Gasteiger partial charge in [-0.25, -0.2) is 0 Å². The summed E-state index contributed by atoms with van der Waals surface area (Å²) in [5, 5.41) is 5.49. The zero-order valence-electron chi connectivity index (χ0n) is 13.2. The molecule has 0 radical (unpaired) electrons. The first-order chi connectivity index (χ1) is 11.1. The topological polar surface area (TPSA) is 87.5 Å². The van der Waals surface area contributed by atoms with Gasteiger partial charge in [0.25, 0.3) is 11.8 Å². The predicted molar refractivity (Wildman–Crippen MR) is 85.0 cm³/mol. The van der Waals surface area contributed by atoms with Gasteiger partial charge in [-0.3, -0.25) is 14.6 Å². The third-order valence-electron chi connectivity index (χ3n) is 3.10. The first-order valence-electron chi connectivity index (χ1n) is 7.26. The number of likely N-dealkylation sites (N-methyl/N-ethyl adjacent to an activating group) is 1. The first-order valence-corrected chi connectivity index (χ1v) is 7.26. The van der Waals surface area contributed by atoms with Crippen molar-refractivity contribution >= 4 is 11.8 Å². The molecule has 0 spiro atoms. The largest absolute Gasteiger partial charge is 0.467 e. The molecule has 122 valence electrons. The van der Waals surface area contributed by atoms with Gasteiger partial charge in [-0.15, -0.1) is 0 Å². The molecule has 0 aromatic carbocycles. The monoisotopic (exact) mass is 316 g/mol. The van der Waals surface area contributed by atoms with Crippen molar-refractivity contribution in [3.05, 3.63) is 53.7 Å². The summed E-state index contributed by atoms with van der Waals surface area (Å²) in [6.45, 7) is 1.54. The number of nitrogens with one attached hydrogen (secondary N) is 2. The van der Waals surface area contributed by atoms with Crippen molar-refractivity contribution in [3.63, 3.8) is 0 Å². The molecule has 2 heterocycles. The number of pyridine rings is 1. The highest BCUT2D eigenvalue weighted by atomic mass is 16.3. The maximum atomic E-state index is 12.1. The Balaban J connectivity index is 1.92. The number of furan rings is 1. The molecule has 2 N–H and O–H groups in total. The smallest absolute Gasteiger partial charge is 0.269 e. The molecule has 2 amide bonds. The fourth-order valence-corrected chi connectivity index (χ4v) is 1.86. The van der Waals surface area contributed by atoms with Crippen LogP contribution in [0.3, 0.4) is 0 Å². The molecule has 0 fully saturated rings. The molecule has 2 aromatic rings. The van der Waals surface area contributed by atoms with E-state index in [-0.39, 0.29) is 17.5 Å². The molecule has 0 saturated carbocycles. The Morgan fingerprint density at radius 1 is 1.22 bits per heavy atom. The van der Waals surface area contributed by atoms with Crippen LogP contribution in [0.15, 0.2) is 41.1 Å². The molecule has 2 rings (SSSR count). The van der Waals surface area contributed by atoms with E-state index in [0.717, 1.165) is 6.54 Å². The van der Waals surface area contributed by atoms with Crippen molar-refractivity contribution in [2.75, 3.05) is 27.2 Å². The van der Waals surface area contributed by atoms with E-state index in [1.165, 1.54) is 12.3 Å². The molecule has 0 aliphatic rings. The van der Waals surface area contributed by atoms with Crippen LogP contribution in [0.5, 0.6) is 0 Å². The van der Waals surface area contributed by atoms with Gasteiger partial charge >= 0.3 is 0 Å². The summed E-state index contributed by atoms with van der Waals surface area (Å²) in [5.41, 5.74) is 0.596. The Morgan fingerprint density at radius 2 is 2.04 bits per heavy atom. The van der Waals surface area contributed by atoms with E-state index in [9.17, 15) is 9.59 Å².